The molecule has 0 heterocycles. The molecule has 133 valence electrons. The summed E-state index contributed by atoms with van der Waals surface area (Å²) in [5, 5.41) is 21.6. The van der Waals surface area contributed by atoms with E-state index in [1.807, 2.05) is 0 Å². The van der Waals surface area contributed by atoms with Crippen LogP contribution >= 0.6 is 11.6 Å². The van der Waals surface area contributed by atoms with Crippen LogP contribution in [0.1, 0.15) is 10.4 Å². The van der Waals surface area contributed by atoms with Crippen LogP contribution in [-0.2, 0) is 10.0 Å². The van der Waals surface area contributed by atoms with Gasteiger partial charge in [0, 0.05) is 74.1 Å². The Kier molecular flexibility index (Phi) is 8.01. The van der Waals surface area contributed by atoms with Crippen molar-refractivity contribution in [1.82, 2.24) is 0 Å². The summed E-state index contributed by atoms with van der Waals surface area (Å²) >= 11 is 5.67. The number of carbonyl (C=O) groups is 1. The van der Waals surface area contributed by atoms with Crippen molar-refractivity contribution in [3.05, 3.63) is 57.1 Å². The van der Waals surface area contributed by atoms with Gasteiger partial charge in [0.15, 0.2) is 0 Å². The van der Waals surface area contributed by atoms with Gasteiger partial charge in [-0.2, -0.15) is 0 Å². The van der Waals surface area contributed by atoms with Gasteiger partial charge in [0.2, 0.25) is 0 Å². The van der Waals surface area contributed by atoms with Crippen molar-refractivity contribution in [1.29, 1.82) is 0 Å². The number of halogens is 1. The van der Waals surface area contributed by atoms with Gasteiger partial charge >= 0.3 is 0 Å². The third-order valence-corrected chi connectivity index (χ3v) is 4.80. The first kappa shape index (κ1) is 22.8. The quantitative estimate of drug-likeness (QED) is 0.415. The third kappa shape index (κ3) is 5.16. The van der Waals surface area contributed by atoms with Crippen LogP contribution in [0.2, 0.25) is 5.02 Å². The summed E-state index contributed by atoms with van der Waals surface area (Å²) in [5.74, 6) is -1.60. The van der Waals surface area contributed by atoms with Gasteiger partial charge in [-0.3, -0.25) is 14.8 Å². The van der Waals surface area contributed by atoms with Gasteiger partial charge in [0.05, 0.1) is 28.6 Å². The van der Waals surface area contributed by atoms with Gasteiger partial charge in [-0.05, 0) is 24.3 Å². The number of rotatable bonds is 6. The van der Waals surface area contributed by atoms with Crippen LogP contribution in [0.15, 0.2) is 41.3 Å². The summed E-state index contributed by atoms with van der Waals surface area (Å²) < 4.78 is 32.0. The molecule has 0 unspecified atom stereocenters. The number of aromatic carboxylic acids is 1. The van der Waals surface area contributed by atoms with E-state index in [-0.39, 0.29) is 73.5 Å². The van der Waals surface area contributed by atoms with Gasteiger partial charge in [0.1, 0.15) is 5.75 Å². The second-order valence-electron chi connectivity index (χ2n) is 4.68. The average Bonchev–Trinajstić information content (AvgIpc) is 2.54. The second-order valence-corrected chi connectivity index (χ2v) is 6.77. The number of nitro benzene ring substituents is 1. The molecule has 0 aliphatic rings. The Morgan fingerprint density at radius 2 is 1.88 bits per heavy atom. The van der Waals surface area contributed by atoms with Crippen LogP contribution < -0.4 is 14.6 Å². The Morgan fingerprint density at radius 3 is 2.42 bits per heavy atom. The van der Waals surface area contributed by atoms with Gasteiger partial charge in [-0.25, -0.2) is 8.42 Å². The summed E-state index contributed by atoms with van der Waals surface area (Å²) in [6, 6.07) is 6.35. The van der Waals surface area contributed by atoms with E-state index in [1.54, 1.807) is 0 Å². The molecule has 0 fully saturated rings. The van der Waals surface area contributed by atoms with Crippen LogP contribution in [0.25, 0.3) is 0 Å². The fourth-order valence-corrected chi connectivity index (χ4v) is 3.20. The number of methoxy groups -OCH3 is 1. The molecule has 9 nitrogen and oxygen atoms in total. The van der Waals surface area contributed by atoms with Crippen molar-refractivity contribution in [2.75, 3.05) is 11.8 Å². The number of benzene rings is 2. The zero-order chi connectivity index (χ0) is 18.8. The molecule has 0 aliphatic carbocycles. The van der Waals surface area contributed by atoms with Crippen LogP contribution in [0.4, 0.5) is 11.4 Å². The minimum atomic E-state index is -4.26. The Balaban J connectivity index is 0.00000338. The first-order valence-electron chi connectivity index (χ1n) is 6.52. The Hall–Kier alpha value is -1.21. The summed E-state index contributed by atoms with van der Waals surface area (Å²) in [6.45, 7) is 0. The normalized spacial score (nSPS) is 10.5. The molecule has 0 amide bonds. The zero-order valence-corrected chi connectivity index (χ0v) is 18.3. The molecule has 26 heavy (non-hydrogen) atoms. The van der Waals surface area contributed by atoms with Crippen molar-refractivity contribution in [3.63, 3.8) is 0 Å². The maximum atomic E-state index is 12.4. The molecule has 0 saturated carbocycles. The van der Waals surface area contributed by atoms with E-state index in [2.05, 4.69) is 4.72 Å². The third-order valence-electron chi connectivity index (χ3n) is 3.11. The summed E-state index contributed by atoms with van der Waals surface area (Å²) in [5.41, 5.74) is -1.04. The monoisotopic (exact) mass is 424 g/mol. The van der Waals surface area contributed by atoms with Crippen molar-refractivity contribution >= 4 is 90.4 Å². The van der Waals surface area contributed by atoms with Crippen molar-refractivity contribution in [2.24, 2.45) is 0 Å². The maximum absolute atomic E-state index is 12.4. The summed E-state index contributed by atoms with van der Waals surface area (Å²) in [7, 11) is -3.00. The smallest absolute Gasteiger partial charge is 0.271 e. The largest absolute Gasteiger partial charge is 0.545 e. The average molecular weight is 425 g/mol. The molecule has 2 aromatic carbocycles. The van der Waals surface area contributed by atoms with E-state index in [1.165, 1.54) is 13.2 Å². The standard InChI is InChI=1S/C14H11ClN2O7S.K/c1-24-13-5-2-8(17(20)21)6-12(13)16-25(22,23)9-3-4-11(15)10(7-9)14(18)19;/h2-7,16H,1H3,(H,18,19);/p-1. The molecule has 2 aromatic rings. The molecule has 0 atom stereocenters. The molecular weight excluding hydrogens is 415 g/mol. The Bertz CT molecular complexity index is 966. The molecule has 2 rings (SSSR count). The fourth-order valence-electron chi connectivity index (χ4n) is 1.92. The molecule has 12 heteroatoms. The van der Waals surface area contributed by atoms with Crippen LogP contribution in [0.5, 0.6) is 5.75 Å². The van der Waals surface area contributed by atoms with E-state index in [4.69, 9.17) is 16.3 Å². The van der Waals surface area contributed by atoms with Gasteiger partial charge < -0.3 is 14.6 Å². The van der Waals surface area contributed by atoms with E-state index in [9.17, 15) is 28.4 Å². The molecule has 0 bridgehead atoms. The number of sulfonamides is 1. The maximum Gasteiger partial charge on any atom is 0.271 e. The zero-order valence-electron chi connectivity index (χ0n) is 13.6. The summed E-state index contributed by atoms with van der Waals surface area (Å²) in [4.78, 5) is 20.7. The van der Waals surface area contributed by atoms with E-state index >= 15 is 0 Å². The van der Waals surface area contributed by atoms with Crippen LogP contribution in [0, 0.1) is 10.1 Å². The fraction of sp³-hybridized carbons (Fsp3) is 0.0714. The van der Waals surface area contributed by atoms with Gasteiger partial charge in [0.25, 0.3) is 15.7 Å². The topological polar surface area (TPSA) is 139 Å². The number of nitro groups is 1. The SMILES string of the molecule is COc1ccc([N+](=O)[O-])cc1NS(=O)(=O)c1ccc(Cl)c(C(=O)[O-])c1.[K]. The minimum Gasteiger partial charge on any atom is -0.545 e. The number of hydrogen-bond acceptors (Lipinski definition) is 7. The van der Waals surface area contributed by atoms with Crippen LogP contribution in [0.3, 0.4) is 0 Å². The van der Waals surface area contributed by atoms with Gasteiger partial charge in [-0.15, -0.1) is 0 Å². The Morgan fingerprint density at radius 1 is 1.23 bits per heavy atom. The molecular formula is C14H10ClKN2O7S-. The van der Waals surface area contributed by atoms with E-state index < -0.39 is 31.4 Å². The minimum absolute atomic E-state index is 0. The van der Waals surface area contributed by atoms with Crippen molar-refractivity contribution in [2.45, 2.75) is 4.90 Å². The molecule has 0 aromatic heterocycles. The number of non-ortho nitro benzene ring substituents is 1. The van der Waals surface area contributed by atoms with Crippen molar-refractivity contribution in [3.8, 4) is 5.75 Å². The number of anilines is 1. The number of carboxylic acid groups (broad SMARTS) is 1. The second kappa shape index (κ2) is 9.13. The van der Waals surface area contributed by atoms with E-state index in [0.717, 1.165) is 30.3 Å². The molecule has 1 radical (unpaired) electrons. The molecule has 0 spiro atoms. The van der Waals surface area contributed by atoms with Crippen LogP contribution in [-0.4, -0.2) is 77.8 Å². The predicted octanol–water partition coefficient (Wildman–Crippen LogP) is 1.04. The molecule has 1 N–H and O–H groups in total. The number of nitrogens with zero attached hydrogens (tertiary/aromatic N) is 1. The molecule has 0 saturated heterocycles. The van der Waals surface area contributed by atoms with Gasteiger partial charge in [-0.1, -0.05) is 11.6 Å². The number of ether oxygens (including phenoxy) is 1. The number of carboxylic acids is 1. The first-order valence-corrected chi connectivity index (χ1v) is 8.38. The predicted molar refractivity (Wildman–Crippen MR) is 92.0 cm³/mol. The first-order chi connectivity index (χ1) is 11.7. The van der Waals surface area contributed by atoms with E-state index in [0.29, 0.717) is 0 Å². The summed E-state index contributed by atoms with van der Waals surface area (Å²) in [6.07, 6.45) is 0. The molecule has 0 aliphatic heterocycles. The number of nitrogens with one attached hydrogen (secondary N) is 1. The van der Waals surface area contributed by atoms with Crippen molar-refractivity contribution < 1.29 is 28.0 Å². The number of carbonyl (C=O) groups excluding carboxylic acids is 1. The Labute approximate surface area is 195 Å². The number of hydrogen-bond donors (Lipinski definition) is 1.